The van der Waals surface area contributed by atoms with Crippen LogP contribution >= 0.6 is 0 Å². The molecule has 1 amide bonds. The van der Waals surface area contributed by atoms with Gasteiger partial charge in [-0.05, 0) is 30.5 Å². The molecule has 0 aliphatic rings. The number of nitrogens with one attached hydrogen (secondary N) is 1. The predicted octanol–water partition coefficient (Wildman–Crippen LogP) is 2.44. The van der Waals surface area contributed by atoms with Gasteiger partial charge in [0.25, 0.3) is 5.91 Å². The Morgan fingerprint density at radius 1 is 1.39 bits per heavy atom. The second-order valence-electron chi connectivity index (χ2n) is 5.52. The number of benzene rings is 1. The molecule has 0 saturated carbocycles. The van der Waals surface area contributed by atoms with Crippen LogP contribution in [-0.2, 0) is 0 Å². The smallest absolute Gasteiger partial charge is 0.251 e. The van der Waals surface area contributed by atoms with Crippen molar-refractivity contribution in [3.8, 4) is 5.75 Å². The van der Waals surface area contributed by atoms with Crippen molar-refractivity contribution in [1.82, 2.24) is 5.32 Å². The van der Waals surface area contributed by atoms with Crippen molar-refractivity contribution in [3.05, 3.63) is 23.8 Å². The molecule has 4 heteroatoms. The molecule has 3 N–H and O–H groups in total. The van der Waals surface area contributed by atoms with Crippen molar-refractivity contribution >= 4 is 11.6 Å². The maximum absolute atomic E-state index is 12.1. The minimum absolute atomic E-state index is 0.0214. The Labute approximate surface area is 109 Å². The van der Waals surface area contributed by atoms with Crippen molar-refractivity contribution in [3.63, 3.8) is 0 Å². The van der Waals surface area contributed by atoms with E-state index in [-0.39, 0.29) is 17.4 Å². The zero-order valence-corrected chi connectivity index (χ0v) is 11.7. The predicted molar refractivity (Wildman–Crippen MR) is 73.8 cm³/mol. The number of nitrogens with two attached hydrogens (primary N) is 1. The van der Waals surface area contributed by atoms with Crippen LogP contribution in [0.3, 0.4) is 0 Å². The number of hydrogen-bond donors (Lipinski definition) is 2. The van der Waals surface area contributed by atoms with Gasteiger partial charge in [0.2, 0.25) is 0 Å². The molecule has 0 bridgehead atoms. The quantitative estimate of drug-likeness (QED) is 0.810. The lowest BCUT2D eigenvalue weighted by atomic mass is 9.88. The highest BCUT2D eigenvalue weighted by Gasteiger charge is 2.22. The fourth-order valence-corrected chi connectivity index (χ4v) is 1.35. The van der Waals surface area contributed by atoms with Crippen molar-refractivity contribution in [2.75, 3.05) is 12.8 Å². The van der Waals surface area contributed by atoms with E-state index in [0.717, 1.165) is 0 Å². The third-order valence-corrected chi connectivity index (χ3v) is 3.14. The summed E-state index contributed by atoms with van der Waals surface area (Å²) in [4.78, 5) is 12.1. The zero-order chi connectivity index (χ0) is 13.9. The van der Waals surface area contributed by atoms with Crippen LogP contribution in [0.1, 0.15) is 38.1 Å². The van der Waals surface area contributed by atoms with E-state index in [1.165, 1.54) is 7.11 Å². The van der Waals surface area contributed by atoms with Crippen LogP contribution < -0.4 is 15.8 Å². The molecule has 0 fully saturated rings. The summed E-state index contributed by atoms with van der Waals surface area (Å²) in [6.45, 7) is 8.25. The second kappa shape index (κ2) is 5.29. The summed E-state index contributed by atoms with van der Waals surface area (Å²) in [5.74, 6) is 0.404. The fraction of sp³-hybridized carbons (Fsp3) is 0.500. The normalized spacial score (nSPS) is 12.9. The molecule has 1 unspecified atom stereocenters. The van der Waals surface area contributed by atoms with Gasteiger partial charge in [0.05, 0.1) is 12.8 Å². The van der Waals surface area contributed by atoms with Gasteiger partial charge in [-0.15, -0.1) is 0 Å². The maximum atomic E-state index is 12.1. The summed E-state index contributed by atoms with van der Waals surface area (Å²) in [5, 5.41) is 2.97. The number of rotatable bonds is 3. The zero-order valence-electron chi connectivity index (χ0n) is 11.7. The molecular formula is C14H22N2O2. The van der Waals surface area contributed by atoms with Crippen LogP contribution in [0.5, 0.6) is 5.75 Å². The molecule has 4 nitrogen and oxygen atoms in total. The Bertz CT molecular complexity index is 436. The highest BCUT2D eigenvalue weighted by atomic mass is 16.5. The lowest BCUT2D eigenvalue weighted by Crippen LogP contribution is -2.41. The molecule has 100 valence electrons. The van der Waals surface area contributed by atoms with E-state index in [0.29, 0.717) is 17.0 Å². The van der Waals surface area contributed by atoms with Crippen LogP contribution in [0.4, 0.5) is 5.69 Å². The number of nitrogen functional groups attached to an aromatic ring is 1. The summed E-state index contributed by atoms with van der Waals surface area (Å²) in [6.07, 6.45) is 0. The van der Waals surface area contributed by atoms with Gasteiger partial charge in [-0.3, -0.25) is 4.79 Å². The fourth-order valence-electron chi connectivity index (χ4n) is 1.35. The number of hydrogen-bond acceptors (Lipinski definition) is 3. The molecule has 0 spiro atoms. The first kappa shape index (κ1) is 14.4. The monoisotopic (exact) mass is 250 g/mol. The average Bonchev–Trinajstić information content (AvgIpc) is 2.28. The summed E-state index contributed by atoms with van der Waals surface area (Å²) >= 11 is 0. The van der Waals surface area contributed by atoms with Crippen molar-refractivity contribution < 1.29 is 9.53 Å². The first-order valence-corrected chi connectivity index (χ1v) is 6.00. The second-order valence-corrected chi connectivity index (χ2v) is 5.52. The highest BCUT2D eigenvalue weighted by Crippen LogP contribution is 2.23. The Hall–Kier alpha value is -1.71. The molecule has 1 rings (SSSR count). The molecule has 0 radical (unpaired) electrons. The minimum atomic E-state index is -0.115. The van der Waals surface area contributed by atoms with Gasteiger partial charge in [0.15, 0.2) is 0 Å². The van der Waals surface area contributed by atoms with Gasteiger partial charge < -0.3 is 15.8 Å². The Balaban J connectivity index is 2.85. The Morgan fingerprint density at radius 2 is 2.00 bits per heavy atom. The van der Waals surface area contributed by atoms with E-state index in [1.807, 2.05) is 6.92 Å². The summed E-state index contributed by atoms with van der Waals surface area (Å²) in [5.41, 5.74) is 6.81. The van der Waals surface area contributed by atoms with Crippen LogP contribution in [0.2, 0.25) is 0 Å². The number of carbonyl (C=O) groups is 1. The average molecular weight is 250 g/mol. The molecular weight excluding hydrogens is 228 g/mol. The number of carbonyl (C=O) groups excluding carboxylic acids is 1. The molecule has 0 aliphatic heterocycles. The van der Waals surface area contributed by atoms with Gasteiger partial charge in [-0.2, -0.15) is 0 Å². The van der Waals surface area contributed by atoms with Crippen LogP contribution in [-0.4, -0.2) is 19.1 Å². The largest absolute Gasteiger partial charge is 0.495 e. The van der Waals surface area contributed by atoms with E-state index in [2.05, 4.69) is 26.1 Å². The number of ether oxygens (including phenoxy) is 1. The lowest BCUT2D eigenvalue weighted by molar-refractivity contribution is 0.0910. The minimum Gasteiger partial charge on any atom is -0.495 e. The Kier molecular flexibility index (Phi) is 4.22. The number of methoxy groups -OCH3 is 1. The van der Waals surface area contributed by atoms with Crippen LogP contribution in [0.25, 0.3) is 0 Å². The molecule has 1 aromatic rings. The van der Waals surface area contributed by atoms with Gasteiger partial charge >= 0.3 is 0 Å². The van der Waals surface area contributed by atoms with E-state index in [9.17, 15) is 4.79 Å². The maximum Gasteiger partial charge on any atom is 0.251 e. The molecule has 0 aromatic heterocycles. The van der Waals surface area contributed by atoms with E-state index in [4.69, 9.17) is 10.5 Å². The molecule has 1 aromatic carbocycles. The van der Waals surface area contributed by atoms with E-state index in [1.54, 1.807) is 18.2 Å². The topological polar surface area (TPSA) is 64.3 Å². The van der Waals surface area contributed by atoms with Crippen molar-refractivity contribution in [2.24, 2.45) is 5.41 Å². The molecule has 0 heterocycles. The molecule has 0 saturated heterocycles. The van der Waals surface area contributed by atoms with E-state index < -0.39 is 0 Å². The third kappa shape index (κ3) is 3.39. The summed E-state index contributed by atoms with van der Waals surface area (Å²) in [6, 6.07) is 5.10. The molecule has 0 aliphatic carbocycles. The van der Waals surface area contributed by atoms with Crippen LogP contribution in [0.15, 0.2) is 18.2 Å². The van der Waals surface area contributed by atoms with E-state index >= 15 is 0 Å². The van der Waals surface area contributed by atoms with Gasteiger partial charge in [0, 0.05) is 11.6 Å². The van der Waals surface area contributed by atoms with Gasteiger partial charge in [-0.25, -0.2) is 0 Å². The standard InChI is InChI=1S/C14H22N2O2/c1-9(14(2,3)4)16-13(17)10-6-7-11(15)12(8-10)18-5/h6-9H,15H2,1-5H3,(H,16,17). The summed E-state index contributed by atoms with van der Waals surface area (Å²) in [7, 11) is 1.53. The lowest BCUT2D eigenvalue weighted by Gasteiger charge is -2.28. The van der Waals surface area contributed by atoms with Crippen LogP contribution in [0, 0.1) is 5.41 Å². The first-order valence-electron chi connectivity index (χ1n) is 6.00. The Morgan fingerprint density at radius 3 is 2.50 bits per heavy atom. The number of amides is 1. The highest BCUT2D eigenvalue weighted by molar-refractivity contribution is 5.95. The first-order chi connectivity index (χ1) is 8.25. The summed E-state index contributed by atoms with van der Waals surface area (Å²) < 4.78 is 5.10. The van der Waals surface area contributed by atoms with Crippen molar-refractivity contribution in [1.29, 1.82) is 0 Å². The SMILES string of the molecule is COc1cc(C(=O)NC(C)C(C)(C)C)ccc1N. The van der Waals surface area contributed by atoms with Gasteiger partial charge in [0.1, 0.15) is 5.75 Å². The molecule has 18 heavy (non-hydrogen) atoms. The van der Waals surface area contributed by atoms with Crippen molar-refractivity contribution in [2.45, 2.75) is 33.7 Å². The number of anilines is 1. The third-order valence-electron chi connectivity index (χ3n) is 3.14. The molecule has 1 atom stereocenters. The van der Waals surface area contributed by atoms with Gasteiger partial charge in [-0.1, -0.05) is 20.8 Å².